The molecule has 1 aliphatic carbocycles. The number of hydrogen-bond donors (Lipinski definition) is 1. The summed E-state index contributed by atoms with van der Waals surface area (Å²) in [4.78, 5) is 26.8. The Labute approximate surface area is 159 Å². The Morgan fingerprint density at radius 2 is 2.04 bits per heavy atom. The minimum Gasteiger partial charge on any atom is -0.356 e. The lowest BCUT2D eigenvalue weighted by atomic mass is 9.94. The van der Waals surface area contributed by atoms with E-state index in [1.165, 1.54) is 36.8 Å². The zero-order valence-electron chi connectivity index (χ0n) is 16.1. The van der Waals surface area contributed by atoms with Gasteiger partial charge in [-0.25, -0.2) is 4.68 Å². The van der Waals surface area contributed by atoms with Gasteiger partial charge in [-0.15, -0.1) is 5.10 Å². The largest absolute Gasteiger partial charge is 0.356 e. The molecule has 1 aromatic heterocycles. The molecular formula is C20H29N5O2. The van der Waals surface area contributed by atoms with Gasteiger partial charge >= 0.3 is 0 Å². The van der Waals surface area contributed by atoms with Crippen LogP contribution in [0.2, 0.25) is 0 Å². The molecule has 7 nitrogen and oxygen atoms in total. The second-order valence-corrected chi connectivity index (χ2v) is 7.36. The van der Waals surface area contributed by atoms with Crippen LogP contribution in [0.5, 0.6) is 0 Å². The highest BCUT2D eigenvalue weighted by Crippen LogP contribution is 2.21. The van der Waals surface area contributed by atoms with Gasteiger partial charge in [0, 0.05) is 19.0 Å². The molecule has 0 atom stereocenters. The lowest BCUT2D eigenvalue weighted by molar-refractivity contribution is -0.121. The number of carbonyl (C=O) groups is 1. The molecule has 2 aromatic rings. The second-order valence-electron chi connectivity index (χ2n) is 7.36. The average molecular weight is 371 g/mol. The standard InChI is InChI=1S/C20H29N5O2/c1-24(16-8-3-2-4-9-16)14-7-13-21-19(26)12-15-25-20(27)17-10-5-6-11-18(17)22-23-25/h5-6,10-11,16H,2-4,7-9,12-15H2,1H3,(H,21,26). The minimum atomic E-state index is -0.206. The van der Waals surface area contributed by atoms with Gasteiger partial charge in [0.2, 0.25) is 5.91 Å². The van der Waals surface area contributed by atoms with Crippen molar-refractivity contribution in [1.29, 1.82) is 0 Å². The van der Waals surface area contributed by atoms with Crippen LogP contribution in [-0.2, 0) is 11.3 Å². The number of aryl methyl sites for hydroxylation is 1. The van der Waals surface area contributed by atoms with Crippen molar-refractivity contribution < 1.29 is 4.79 Å². The van der Waals surface area contributed by atoms with Crippen LogP contribution in [0.4, 0.5) is 0 Å². The Balaban J connectivity index is 1.38. The molecule has 1 amide bonds. The van der Waals surface area contributed by atoms with Crippen LogP contribution in [0, 0.1) is 0 Å². The van der Waals surface area contributed by atoms with Gasteiger partial charge in [0.25, 0.3) is 5.56 Å². The summed E-state index contributed by atoms with van der Waals surface area (Å²) in [5, 5.41) is 11.4. The molecule has 1 fully saturated rings. The van der Waals surface area contributed by atoms with Crippen molar-refractivity contribution in [3.05, 3.63) is 34.6 Å². The number of nitrogens with zero attached hydrogens (tertiary/aromatic N) is 4. The van der Waals surface area contributed by atoms with Crippen LogP contribution in [0.1, 0.15) is 44.9 Å². The molecular weight excluding hydrogens is 342 g/mol. The number of nitrogens with one attached hydrogen (secondary N) is 1. The summed E-state index contributed by atoms with van der Waals surface area (Å²) < 4.78 is 1.26. The highest BCUT2D eigenvalue weighted by Gasteiger charge is 2.17. The highest BCUT2D eigenvalue weighted by molar-refractivity contribution is 5.77. The Kier molecular flexibility index (Phi) is 6.92. The molecule has 0 aliphatic heterocycles. The lowest BCUT2D eigenvalue weighted by Crippen LogP contribution is -2.36. The number of carbonyl (C=O) groups excluding carboxylic acids is 1. The van der Waals surface area contributed by atoms with E-state index >= 15 is 0 Å². The molecule has 1 aliphatic rings. The maximum Gasteiger partial charge on any atom is 0.277 e. The first kappa shape index (κ1) is 19.5. The highest BCUT2D eigenvalue weighted by atomic mass is 16.2. The van der Waals surface area contributed by atoms with Gasteiger partial charge in [-0.3, -0.25) is 9.59 Å². The maximum absolute atomic E-state index is 12.3. The van der Waals surface area contributed by atoms with E-state index in [9.17, 15) is 9.59 Å². The third-order valence-electron chi connectivity index (χ3n) is 5.39. The summed E-state index contributed by atoms with van der Waals surface area (Å²) in [6, 6.07) is 7.80. The van der Waals surface area contributed by atoms with E-state index in [2.05, 4.69) is 27.6 Å². The molecule has 1 heterocycles. The second kappa shape index (κ2) is 9.60. The van der Waals surface area contributed by atoms with Crippen molar-refractivity contribution in [1.82, 2.24) is 25.2 Å². The Bertz CT molecular complexity index is 813. The van der Waals surface area contributed by atoms with Crippen LogP contribution >= 0.6 is 0 Å². The van der Waals surface area contributed by atoms with E-state index in [0.29, 0.717) is 23.5 Å². The first-order valence-corrected chi connectivity index (χ1v) is 9.94. The van der Waals surface area contributed by atoms with E-state index in [1.54, 1.807) is 18.2 Å². The first-order valence-electron chi connectivity index (χ1n) is 9.94. The zero-order valence-corrected chi connectivity index (χ0v) is 16.1. The van der Waals surface area contributed by atoms with Crippen LogP contribution in [0.25, 0.3) is 10.9 Å². The molecule has 1 saturated carbocycles. The number of hydrogen-bond acceptors (Lipinski definition) is 5. The van der Waals surface area contributed by atoms with Crippen LogP contribution < -0.4 is 10.9 Å². The summed E-state index contributed by atoms with van der Waals surface area (Å²) >= 11 is 0. The van der Waals surface area contributed by atoms with Crippen LogP contribution in [0.15, 0.2) is 29.1 Å². The van der Waals surface area contributed by atoms with Crippen molar-refractivity contribution in [3.63, 3.8) is 0 Å². The van der Waals surface area contributed by atoms with Gasteiger partial charge in [0.05, 0.1) is 11.9 Å². The normalized spacial score (nSPS) is 15.3. The molecule has 0 spiro atoms. The molecule has 3 rings (SSSR count). The number of benzene rings is 1. The fourth-order valence-corrected chi connectivity index (χ4v) is 3.73. The monoisotopic (exact) mass is 371 g/mol. The first-order chi connectivity index (χ1) is 13.1. The lowest BCUT2D eigenvalue weighted by Gasteiger charge is -2.31. The van der Waals surface area contributed by atoms with Crippen LogP contribution in [0.3, 0.4) is 0 Å². The van der Waals surface area contributed by atoms with Gasteiger partial charge in [-0.1, -0.05) is 36.6 Å². The predicted octanol–water partition coefficient (Wildman–Crippen LogP) is 1.95. The Hall–Kier alpha value is -2.28. The number of amides is 1. The van der Waals surface area contributed by atoms with Crippen molar-refractivity contribution in [3.8, 4) is 0 Å². The topological polar surface area (TPSA) is 80.1 Å². The SMILES string of the molecule is CN(CCCNC(=O)CCn1nnc2ccccc2c1=O)C1CCCCC1. The van der Waals surface area contributed by atoms with Crippen LogP contribution in [-0.4, -0.2) is 52.0 Å². The number of fused-ring (bicyclic) bond motifs is 1. The summed E-state index contributed by atoms with van der Waals surface area (Å²) in [6.07, 6.45) is 7.80. The zero-order chi connectivity index (χ0) is 19.1. The van der Waals surface area contributed by atoms with Gasteiger partial charge in [-0.2, -0.15) is 0 Å². The predicted molar refractivity (Wildman–Crippen MR) is 106 cm³/mol. The molecule has 27 heavy (non-hydrogen) atoms. The summed E-state index contributed by atoms with van der Waals surface area (Å²) in [6.45, 7) is 1.90. The third-order valence-corrected chi connectivity index (χ3v) is 5.39. The average Bonchev–Trinajstić information content (AvgIpc) is 2.71. The Morgan fingerprint density at radius 1 is 1.26 bits per heavy atom. The summed E-state index contributed by atoms with van der Waals surface area (Å²) in [7, 11) is 2.18. The smallest absolute Gasteiger partial charge is 0.277 e. The van der Waals surface area contributed by atoms with Gasteiger partial charge in [0.15, 0.2) is 0 Å². The number of aromatic nitrogens is 3. The molecule has 146 valence electrons. The Morgan fingerprint density at radius 3 is 2.85 bits per heavy atom. The van der Waals surface area contributed by atoms with E-state index in [-0.39, 0.29) is 24.4 Å². The third kappa shape index (κ3) is 5.35. The molecule has 0 bridgehead atoms. The van der Waals surface area contributed by atoms with E-state index in [4.69, 9.17) is 0 Å². The van der Waals surface area contributed by atoms with E-state index in [1.807, 2.05) is 6.07 Å². The van der Waals surface area contributed by atoms with Gasteiger partial charge < -0.3 is 10.2 Å². The molecule has 0 saturated heterocycles. The van der Waals surface area contributed by atoms with Gasteiger partial charge in [-0.05, 0) is 45.0 Å². The number of rotatable bonds is 8. The minimum absolute atomic E-state index is 0.0582. The van der Waals surface area contributed by atoms with E-state index < -0.39 is 0 Å². The van der Waals surface area contributed by atoms with Crippen molar-refractivity contribution >= 4 is 16.8 Å². The fourth-order valence-electron chi connectivity index (χ4n) is 3.73. The van der Waals surface area contributed by atoms with Crippen molar-refractivity contribution in [2.45, 2.75) is 57.5 Å². The maximum atomic E-state index is 12.3. The van der Waals surface area contributed by atoms with Crippen molar-refractivity contribution in [2.75, 3.05) is 20.1 Å². The van der Waals surface area contributed by atoms with Gasteiger partial charge in [0.1, 0.15) is 5.52 Å². The molecule has 1 N–H and O–H groups in total. The molecule has 1 aromatic carbocycles. The van der Waals surface area contributed by atoms with E-state index in [0.717, 1.165) is 13.0 Å². The quantitative estimate of drug-likeness (QED) is 0.718. The molecule has 0 radical (unpaired) electrons. The fraction of sp³-hybridized carbons (Fsp3) is 0.600. The summed E-state index contributed by atoms with van der Waals surface area (Å²) in [5.74, 6) is -0.0582. The molecule has 7 heteroatoms. The van der Waals surface area contributed by atoms with Crippen molar-refractivity contribution in [2.24, 2.45) is 0 Å². The molecule has 0 unspecified atom stereocenters. The summed E-state index contributed by atoms with van der Waals surface area (Å²) in [5.41, 5.74) is 0.368.